The molecule has 1 saturated heterocycles. The lowest BCUT2D eigenvalue weighted by Crippen LogP contribution is -2.46. The van der Waals surface area contributed by atoms with Crippen LogP contribution >= 0.6 is 0 Å². The summed E-state index contributed by atoms with van der Waals surface area (Å²) in [6.07, 6.45) is 3.50. The molecule has 27 heavy (non-hydrogen) atoms. The van der Waals surface area contributed by atoms with E-state index < -0.39 is 0 Å². The molecule has 2 aromatic heterocycles. The number of piperazine rings is 1. The number of hydrogen-bond acceptors (Lipinski definition) is 5. The zero-order chi connectivity index (χ0) is 18.8. The van der Waals surface area contributed by atoms with Gasteiger partial charge in [0.25, 0.3) is 5.56 Å². The van der Waals surface area contributed by atoms with Gasteiger partial charge in [0.05, 0.1) is 10.9 Å². The number of benzene rings is 1. The average Bonchev–Trinajstić information content (AvgIpc) is 2.69. The van der Waals surface area contributed by atoms with Gasteiger partial charge in [0, 0.05) is 51.2 Å². The predicted molar refractivity (Wildman–Crippen MR) is 108 cm³/mol. The molecule has 0 aliphatic carbocycles. The highest BCUT2D eigenvalue weighted by molar-refractivity contribution is 5.77. The highest BCUT2D eigenvalue weighted by atomic mass is 16.1. The summed E-state index contributed by atoms with van der Waals surface area (Å²) in [6.45, 7) is 8.70. The smallest absolute Gasteiger partial charge is 0.261 e. The van der Waals surface area contributed by atoms with Crippen molar-refractivity contribution in [3.8, 4) is 0 Å². The van der Waals surface area contributed by atoms with Gasteiger partial charge in [-0.2, -0.15) is 0 Å². The first-order valence-corrected chi connectivity index (χ1v) is 9.51. The second-order valence-corrected chi connectivity index (χ2v) is 7.34. The molecule has 0 atom stereocenters. The van der Waals surface area contributed by atoms with Crippen LogP contribution in [0.4, 0.5) is 5.95 Å². The van der Waals surface area contributed by atoms with Crippen molar-refractivity contribution < 1.29 is 0 Å². The number of pyridine rings is 1. The number of fused-ring (bicyclic) bond motifs is 1. The Bertz CT molecular complexity index is 975. The van der Waals surface area contributed by atoms with Crippen LogP contribution in [0.15, 0.2) is 53.6 Å². The highest BCUT2D eigenvalue weighted by Gasteiger charge is 2.19. The van der Waals surface area contributed by atoms with Gasteiger partial charge in [-0.05, 0) is 25.5 Å². The number of rotatable bonds is 4. The van der Waals surface area contributed by atoms with E-state index in [2.05, 4.69) is 50.1 Å². The molecule has 0 radical (unpaired) electrons. The SMILES string of the molecule is CC(C)n1ccc2nc(N3CCN(Cc4ccccc4)CC3)ncc2c1=O. The maximum absolute atomic E-state index is 12.5. The summed E-state index contributed by atoms with van der Waals surface area (Å²) in [5, 5.41) is 0.581. The van der Waals surface area contributed by atoms with Crippen LogP contribution in [-0.4, -0.2) is 45.6 Å². The third-order valence-electron chi connectivity index (χ3n) is 5.12. The maximum Gasteiger partial charge on any atom is 0.261 e. The van der Waals surface area contributed by atoms with Crippen LogP contribution < -0.4 is 10.5 Å². The van der Waals surface area contributed by atoms with Crippen LogP contribution in [0.2, 0.25) is 0 Å². The van der Waals surface area contributed by atoms with E-state index >= 15 is 0 Å². The van der Waals surface area contributed by atoms with Gasteiger partial charge in [0.15, 0.2) is 0 Å². The third kappa shape index (κ3) is 3.71. The van der Waals surface area contributed by atoms with Crippen molar-refractivity contribution in [3.63, 3.8) is 0 Å². The second-order valence-electron chi connectivity index (χ2n) is 7.34. The average molecular weight is 363 g/mol. The Balaban J connectivity index is 1.47. The topological polar surface area (TPSA) is 54.3 Å². The Hall–Kier alpha value is -2.73. The standard InChI is InChI=1S/C21H25N5O/c1-16(2)26-9-8-19-18(20(26)27)14-22-21(23-19)25-12-10-24(11-13-25)15-17-6-4-3-5-7-17/h3-9,14,16H,10-13,15H2,1-2H3. The van der Waals surface area contributed by atoms with E-state index in [9.17, 15) is 4.79 Å². The van der Waals surface area contributed by atoms with Gasteiger partial charge in [-0.3, -0.25) is 9.69 Å². The monoisotopic (exact) mass is 363 g/mol. The fourth-order valence-electron chi connectivity index (χ4n) is 3.54. The first-order valence-electron chi connectivity index (χ1n) is 9.51. The number of anilines is 1. The number of nitrogens with zero attached hydrogens (tertiary/aromatic N) is 5. The van der Waals surface area contributed by atoms with Crippen LogP contribution in [0.3, 0.4) is 0 Å². The Morgan fingerprint density at radius 1 is 1.04 bits per heavy atom. The lowest BCUT2D eigenvalue weighted by Gasteiger charge is -2.34. The minimum Gasteiger partial charge on any atom is -0.338 e. The molecule has 6 heteroatoms. The number of hydrogen-bond donors (Lipinski definition) is 0. The first kappa shape index (κ1) is 17.7. The van der Waals surface area contributed by atoms with Gasteiger partial charge in [-0.1, -0.05) is 30.3 Å². The van der Waals surface area contributed by atoms with E-state index in [-0.39, 0.29) is 11.6 Å². The van der Waals surface area contributed by atoms with Crippen LogP contribution in [-0.2, 0) is 6.54 Å². The summed E-state index contributed by atoms with van der Waals surface area (Å²) in [5.41, 5.74) is 2.03. The summed E-state index contributed by atoms with van der Waals surface area (Å²) in [5.74, 6) is 0.712. The fraction of sp³-hybridized carbons (Fsp3) is 0.381. The Morgan fingerprint density at radius 2 is 1.78 bits per heavy atom. The minimum absolute atomic E-state index is 0.0262. The third-order valence-corrected chi connectivity index (χ3v) is 5.12. The van der Waals surface area contributed by atoms with Crippen molar-refractivity contribution in [2.24, 2.45) is 0 Å². The molecule has 1 fully saturated rings. The van der Waals surface area contributed by atoms with Gasteiger partial charge in [0.2, 0.25) is 5.95 Å². The molecule has 1 aromatic carbocycles. The van der Waals surface area contributed by atoms with Gasteiger partial charge in [0.1, 0.15) is 0 Å². The normalized spacial score (nSPS) is 15.6. The molecule has 1 aliphatic heterocycles. The van der Waals surface area contributed by atoms with Gasteiger partial charge in [-0.15, -0.1) is 0 Å². The van der Waals surface area contributed by atoms with Gasteiger partial charge < -0.3 is 9.47 Å². The van der Waals surface area contributed by atoms with Crippen LogP contribution in [0.5, 0.6) is 0 Å². The summed E-state index contributed by atoms with van der Waals surface area (Å²) in [7, 11) is 0. The van der Waals surface area contributed by atoms with E-state index in [1.165, 1.54) is 5.56 Å². The summed E-state index contributed by atoms with van der Waals surface area (Å²) < 4.78 is 1.72. The molecular weight excluding hydrogens is 338 g/mol. The molecule has 1 aliphatic rings. The van der Waals surface area contributed by atoms with E-state index in [0.29, 0.717) is 16.9 Å². The molecule has 0 bridgehead atoms. The van der Waals surface area contributed by atoms with Gasteiger partial charge >= 0.3 is 0 Å². The molecule has 3 aromatic rings. The van der Waals surface area contributed by atoms with Gasteiger partial charge in [-0.25, -0.2) is 9.97 Å². The molecule has 0 spiro atoms. The molecule has 0 unspecified atom stereocenters. The molecule has 0 amide bonds. The zero-order valence-corrected chi connectivity index (χ0v) is 15.9. The van der Waals surface area contributed by atoms with E-state index in [1.54, 1.807) is 10.8 Å². The first-order chi connectivity index (χ1) is 13.1. The molecular formula is C21H25N5O. The lowest BCUT2D eigenvalue weighted by atomic mass is 10.2. The summed E-state index contributed by atoms with van der Waals surface area (Å²) in [6, 6.07) is 12.6. The molecule has 140 valence electrons. The van der Waals surface area contributed by atoms with E-state index in [4.69, 9.17) is 0 Å². The molecule has 6 nitrogen and oxygen atoms in total. The molecule has 3 heterocycles. The van der Waals surface area contributed by atoms with Crippen molar-refractivity contribution >= 4 is 16.9 Å². The second kappa shape index (κ2) is 7.48. The summed E-state index contributed by atoms with van der Waals surface area (Å²) >= 11 is 0. The van der Waals surface area contributed by atoms with Crippen molar-refractivity contribution in [3.05, 3.63) is 64.7 Å². The molecule has 0 saturated carbocycles. The Morgan fingerprint density at radius 3 is 2.48 bits per heavy atom. The zero-order valence-electron chi connectivity index (χ0n) is 15.9. The predicted octanol–water partition coefficient (Wildman–Crippen LogP) is 2.69. The van der Waals surface area contributed by atoms with Crippen molar-refractivity contribution in [1.82, 2.24) is 19.4 Å². The van der Waals surface area contributed by atoms with Crippen molar-refractivity contribution in [2.75, 3.05) is 31.1 Å². The van der Waals surface area contributed by atoms with Crippen LogP contribution in [0.25, 0.3) is 10.9 Å². The van der Waals surface area contributed by atoms with E-state index in [0.717, 1.165) is 32.7 Å². The Kier molecular flexibility index (Phi) is 4.90. The number of aromatic nitrogens is 3. The quantitative estimate of drug-likeness (QED) is 0.713. The maximum atomic E-state index is 12.5. The van der Waals surface area contributed by atoms with Crippen molar-refractivity contribution in [2.45, 2.75) is 26.4 Å². The van der Waals surface area contributed by atoms with Crippen LogP contribution in [0, 0.1) is 0 Å². The Labute approximate surface area is 159 Å². The molecule has 4 rings (SSSR count). The lowest BCUT2D eigenvalue weighted by molar-refractivity contribution is 0.249. The van der Waals surface area contributed by atoms with Crippen LogP contribution in [0.1, 0.15) is 25.5 Å². The largest absolute Gasteiger partial charge is 0.338 e. The summed E-state index contributed by atoms with van der Waals surface area (Å²) in [4.78, 5) is 26.3. The van der Waals surface area contributed by atoms with E-state index in [1.807, 2.05) is 26.1 Å². The highest BCUT2D eigenvalue weighted by Crippen LogP contribution is 2.16. The fourth-order valence-corrected chi connectivity index (χ4v) is 3.54. The minimum atomic E-state index is -0.0262. The molecule has 0 N–H and O–H groups in total. The van der Waals surface area contributed by atoms with Crippen molar-refractivity contribution in [1.29, 1.82) is 0 Å².